The van der Waals surface area contributed by atoms with Gasteiger partial charge in [0.05, 0.1) is 21.7 Å². The van der Waals surface area contributed by atoms with E-state index in [1.54, 1.807) is 32.5 Å². The number of hydrogen-bond donors (Lipinski definition) is 0. The maximum atomic E-state index is 11.9. The number of rotatable bonds is 2. The van der Waals surface area contributed by atoms with Crippen molar-refractivity contribution in [2.75, 3.05) is 20.4 Å². The molecule has 0 amide bonds. The average molecular weight is 199 g/mol. The molecule has 0 spiro atoms. The van der Waals surface area contributed by atoms with Crippen LogP contribution in [0.4, 0.5) is 0 Å². The summed E-state index contributed by atoms with van der Waals surface area (Å²) in [6.07, 6.45) is 1.60. The number of benzene rings is 1. The van der Waals surface area contributed by atoms with Crippen LogP contribution in [0, 0.1) is 0 Å². The monoisotopic (exact) mass is 199 g/mol. The molecule has 3 nitrogen and oxygen atoms in total. The van der Waals surface area contributed by atoms with Gasteiger partial charge in [-0.1, -0.05) is 12.1 Å². The van der Waals surface area contributed by atoms with E-state index in [9.17, 15) is 4.21 Å². The van der Waals surface area contributed by atoms with Crippen molar-refractivity contribution >= 4 is 9.73 Å². The van der Waals surface area contributed by atoms with Gasteiger partial charge >= 0.3 is 0 Å². The van der Waals surface area contributed by atoms with Crippen LogP contribution in [0.15, 0.2) is 33.5 Å². The first-order chi connectivity index (χ1) is 6.11. The van der Waals surface area contributed by atoms with Crippen LogP contribution in [-0.4, -0.2) is 24.6 Å². The van der Waals surface area contributed by atoms with Crippen molar-refractivity contribution in [3.05, 3.63) is 24.3 Å². The van der Waals surface area contributed by atoms with Gasteiger partial charge in [-0.3, -0.25) is 0 Å². The zero-order valence-corrected chi connectivity index (χ0v) is 8.80. The summed E-state index contributed by atoms with van der Waals surface area (Å²) >= 11 is 0. The summed E-state index contributed by atoms with van der Waals surface area (Å²) < 4.78 is 20.8. The highest BCUT2D eigenvalue weighted by molar-refractivity contribution is 7.93. The maximum absolute atomic E-state index is 11.9. The topological polar surface area (TPSA) is 38.7 Å². The summed E-state index contributed by atoms with van der Waals surface area (Å²) in [7, 11) is 0.819. The van der Waals surface area contributed by atoms with Gasteiger partial charge in [0.2, 0.25) is 0 Å². The number of ether oxygens (including phenoxy) is 1. The van der Waals surface area contributed by atoms with Crippen molar-refractivity contribution in [2.45, 2.75) is 4.90 Å². The molecule has 0 saturated heterocycles. The molecule has 0 radical (unpaired) electrons. The van der Waals surface area contributed by atoms with Gasteiger partial charge in [-0.15, -0.1) is 0 Å². The van der Waals surface area contributed by atoms with Crippen molar-refractivity contribution in [3.63, 3.8) is 0 Å². The van der Waals surface area contributed by atoms with E-state index in [0.717, 1.165) is 0 Å². The standard InChI is InChI=1S/C9H13NO2S/c1-10-13(3,11)9-7-5-4-6-8(9)12-2/h4-7H,1-3H3/t13-/m1/s1. The van der Waals surface area contributed by atoms with E-state index < -0.39 is 9.73 Å². The summed E-state index contributed by atoms with van der Waals surface area (Å²) in [5.74, 6) is 0.626. The Bertz CT molecular complexity index is 406. The lowest BCUT2D eigenvalue weighted by Gasteiger charge is -2.08. The minimum atomic E-state index is -2.29. The van der Waals surface area contributed by atoms with Crippen LogP contribution in [-0.2, 0) is 9.73 Å². The first kappa shape index (κ1) is 10.1. The molecule has 0 unspecified atom stereocenters. The molecule has 72 valence electrons. The predicted molar refractivity (Wildman–Crippen MR) is 53.7 cm³/mol. The minimum absolute atomic E-state index is 0.626. The lowest BCUT2D eigenvalue weighted by Crippen LogP contribution is -1.99. The van der Waals surface area contributed by atoms with Crippen LogP contribution in [0.2, 0.25) is 0 Å². The fourth-order valence-corrected chi connectivity index (χ4v) is 2.08. The Kier molecular flexibility index (Phi) is 2.93. The van der Waals surface area contributed by atoms with Crippen molar-refractivity contribution < 1.29 is 8.95 Å². The van der Waals surface area contributed by atoms with Crippen molar-refractivity contribution in [1.29, 1.82) is 0 Å². The first-order valence-corrected chi connectivity index (χ1v) is 5.77. The third-order valence-electron chi connectivity index (χ3n) is 1.83. The predicted octanol–water partition coefficient (Wildman–Crippen LogP) is 1.78. The van der Waals surface area contributed by atoms with Crippen LogP contribution >= 0.6 is 0 Å². The number of hydrogen-bond acceptors (Lipinski definition) is 3. The van der Waals surface area contributed by atoms with Crippen LogP contribution in [0.1, 0.15) is 0 Å². The Morgan fingerprint density at radius 2 is 2.00 bits per heavy atom. The Morgan fingerprint density at radius 3 is 2.54 bits per heavy atom. The molecule has 1 atom stereocenters. The normalized spacial score (nSPS) is 14.7. The molecule has 1 rings (SSSR count). The Morgan fingerprint density at radius 1 is 1.38 bits per heavy atom. The van der Waals surface area contributed by atoms with E-state index >= 15 is 0 Å². The summed E-state index contributed by atoms with van der Waals surface area (Å²) in [5.41, 5.74) is 0. The highest BCUT2D eigenvalue weighted by Gasteiger charge is 2.09. The Balaban J connectivity index is 3.38. The summed E-state index contributed by atoms with van der Waals surface area (Å²) in [6.45, 7) is 0. The number of nitrogens with zero attached hydrogens (tertiary/aromatic N) is 1. The van der Waals surface area contributed by atoms with E-state index in [-0.39, 0.29) is 0 Å². The van der Waals surface area contributed by atoms with Crippen LogP contribution in [0.5, 0.6) is 5.75 Å². The summed E-state index contributed by atoms with van der Waals surface area (Å²) in [4.78, 5) is 0.653. The lowest BCUT2D eigenvalue weighted by atomic mass is 10.3. The molecule has 0 aromatic heterocycles. The molecule has 0 aliphatic carbocycles. The van der Waals surface area contributed by atoms with Gasteiger partial charge < -0.3 is 4.74 Å². The molecule has 1 aromatic rings. The fraction of sp³-hybridized carbons (Fsp3) is 0.333. The van der Waals surface area contributed by atoms with Crippen molar-refractivity contribution in [2.24, 2.45) is 4.36 Å². The van der Waals surface area contributed by atoms with Crippen LogP contribution < -0.4 is 4.74 Å². The SMILES string of the molecule is CN=[S@](C)(=O)c1ccccc1OC. The second-order valence-corrected chi connectivity index (χ2v) is 5.05. The zero-order chi connectivity index (χ0) is 9.90. The number of methoxy groups -OCH3 is 1. The second-order valence-electron chi connectivity index (χ2n) is 2.64. The van der Waals surface area contributed by atoms with Gasteiger partial charge in [0, 0.05) is 13.3 Å². The molecular weight excluding hydrogens is 186 g/mol. The van der Waals surface area contributed by atoms with E-state index in [4.69, 9.17) is 4.74 Å². The fourth-order valence-electron chi connectivity index (χ4n) is 1.03. The third-order valence-corrected chi connectivity index (χ3v) is 3.68. The molecule has 4 heteroatoms. The first-order valence-electron chi connectivity index (χ1n) is 3.85. The van der Waals surface area contributed by atoms with E-state index in [2.05, 4.69) is 4.36 Å². The molecule has 0 fully saturated rings. The molecular formula is C9H13NO2S. The molecule has 0 aliphatic rings. The van der Waals surface area contributed by atoms with Crippen LogP contribution in [0.25, 0.3) is 0 Å². The Labute approximate surface area is 78.9 Å². The van der Waals surface area contributed by atoms with Crippen LogP contribution in [0.3, 0.4) is 0 Å². The molecule has 0 saturated carbocycles. The molecule has 13 heavy (non-hydrogen) atoms. The van der Waals surface area contributed by atoms with Gasteiger partial charge in [-0.25, -0.2) is 8.57 Å². The molecule has 0 bridgehead atoms. The molecule has 0 N–H and O–H groups in total. The van der Waals surface area contributed by atoms with E-state index in [1.807, 2.05) is 12.1 Å². The molecule has 0 aliphatic heterocycles. The van der Waals surface area contributed by atoms with E-state index in [1.165, 1.54) is 0 Å². The maximum Gasteiger partial charge on any atom is 0.135 e. The quantitative estimate of drug-likeness (QED) is 0.728. The number of para-hydroxylation sites is 1. The molecule has 0 heterocycles. The lowest BCUT2D eigenvalue weighted by molar-refractivity contribution is 0.404. The van der Waals surface area contributed by atoms with Crippen molar-refractivity contribution in [3.8, 4) is 5.75 Å². The average Bonchev–Trinajstić information content (AvgIpc) is 2.18. The van der Waals surface area contributed by atoms with Gasteiger partial charge in [-0.05, 0) is 12.1 Å². The minimum Gasteiger partial charge on any atom is -0.495 e. The highest BCUT2D eigenvalue weighted by atomic mass is 32.2. The Hall–Kier alpha value is -1.03. The third kappa shape index (κ3) is 2.01. The van der Waals surface area contributed by atoms with Gasteiger partial charge in [0.25, 0.3) is 0 Å². The largest absolute Gasteiger partial charge is 0.495 e. The summed E-state index contributed by atoms with van der Waals surface area (Å²) in [5, 5.41) is 0. The van der Waals surface area contributed by atoms with Gasteiger partial charge in [0.15, 0.2) is 0 Å². The summed E-state index contributed by atoms with van der Waals surface area (Å²) in [6, 6.07) is 7.22. The smallest absolute Gasteiger partial charge is 0.135 e. The van der Waals surface area contributed by atoms with Crippen molar-refractivity contribution in [1.82, 2.24) is 0 Å². The highest BCUT2D eigenvalue weighted by Crippen LogP contribution is 2.23. The van der Waals surface area contributed by atoms with Gasteiger partial charge in [0.1, 0.15) is 5.75 Å². The second kappa shape index (κ2) is 3.79. The van der Waals surface area contributed by atoms with Gasteiger partial charge in [-0.2, -0.15) is 0 Å². The molecule has 1 aromatic carbocycles. The van der Waals surface area contributed by atoms with E-state index in [0.29, 0.717) is 10.6 Å². The zero-order valence-electron chi connectivity index (χ0n) is 7.98.